The van der Waals surface area contributed by atoms with Crippen molar-refractivity contribution in [1.82, 2.24) is 9.88 Å². The fraction of sp³-hybridized carbons (Fsp3) is 0.409. The van der Waals surface area contributed by atoms with Crippen LogP contribution in [0.15, 0.2) is 48.7 Å². The Labute approximate surface area is 170 Å². The average Bonchev–Trinajstić information content (AvgIpc) is 2.78. The smallest absolute Gasteiger partial charge is 0.228 e. The molecule has 2 atom stereocenters. The van der Waals surface area contributed by atoms with Crippen LogP contribution in [-0.4, -0.2) is 59.5 Å². The van der Waals surface area contributed by atoms with Gasteiger partial charge in [0.2, 0.25) is 5.91 Å². The van der Waals surface area contributed by atoms with E-state index in [1.165, 1.54) is 12.1 Å². The highest BCUT2D eigenvalue weighted by molar-refractivity contribution is 5.83. The standard InChI is InChI=1S/C22H26FN3O3/c23-18-9-7-17(8-10-18)4-3-5-19(20(28)16-27)22(29)26-14-12-25(13-15-26)21-6-1-2-11-24-21/h1-2,6-11,16,19-20,28H,3-5,12-15H2/t19-,20-/m1/s1. The van der Waals surface area contributed by atoms with Gasteiger partial charge in [-0.25, -0.2) is 9.37 Å². The Morgan fingerprint density at radius 2 is 1.86 bits per heavy atom. The molecule has 29 heavy (non-hydrogen) atoms. The number of amides is 1. The van der Waals surface area contributed by atoms with E-state index in [4.69, 9.17) is 0 Å². The van der Waals surface area contributed by atoms with Crippen molar-refractivity contribution >= 4 is 18.0 Å². The van der Waals surface area contributed by atoms with Gasteiger partial charge in [0, 0.05) is 32.4 Å². The molecule has 0 spiro atoms. The maximum Gasteiger partial charge on any atom is 0.228 e. The molecule has 1 fully saturated rings. The van der Waals surface area contributed by atoms with Crippen LogP contribution in [0.4, 0.5) is 10.2 Å². The van der Waals surface area contributed by atoms with Crippen molar-refractivity contribution in [3.8, 4) is 0 Å². The van der Waals surface area contributed by atoms with Gasteiger partial charge in [0.15, 0.2) is 0 Å². The first-order valence-corrected chi connectivity index (χ1v) is 9.91. The van der Waals surface area contributed by atoms with Crippen LogP contribution in [0.25, 0.3) is 0 Å². The van der Waals surface area contributed by atoms with Gasteiger partial charge in [0.25, 0.3) is 0 Å². The molecule has 1 aliphatic rings. The summed E-state index contributed by atoms with van der Waals surface area (Å²) in [5.74, 6) is -0.356. The van der Waals surface area contributed by atoms with Crippen molar-refractivity contribution in [1.29, 1.82) is 0 Å². The Bertz CT molecular complexity index is 793. The summed E-state index contributed by atoms with van der Waals surface area (Å²) in [5.41, 5.74) is 0.960. The van der Waals surface area contributed by atoms with Gasteiger partial charge in [-0.05, 0) is 49.1 Å². The molecule has 3 rings (SSSR count). The number of aliphatic hydroxyl groups excluding tert-OH is 1. The van der Waals surface area contributed by atoms with Crippen molar-refractivity contribution in [3.05, 3.63) is 60.0 Å². The number of anilines is 1. The third-order valence-corrected chi connectivity index (χ3v) is 5.33. The van der Waals surface area contributed by atoms with E-state index in [0.717, 1.165) is 11.4 Å². The lowest BCUT2D eigenvalue weighted by atomic mass is 9.93. The first-order valence-electron chi connectivity index (χ1n) is 9.91. The van der Waals surface area contributed by atoms with Gasteiger partial charge in [-0.1, -0.05) is 18.2 Å². The van der Waals surface area contributed by atoms with Crippen LogP contribution >= 0.6 is 0 Å². The second kappa shape index (κ2) is 10.1. The lowest BCUT2D eigenvalue weighted by molar-refractivity contribution is -0.142. The number of rotatable bonds is 8. The number of piperazine rings is 1. The molecule has 1 aromatic carbocycles. The molecular formula is C22H26FN3O3. The number of benzene rings is 1. The molecule has 1 amide bonds. The molecule has 0 bridgehead atoms. The van der Waals surface area contributed by atoms with Gasteiger partial charge in [-0.3, -0.25) is 4.79 Å². The van der Waals surface area contributed by atoms with Crippen LogP contribution in [-0.2, 0) is 16.0 Å². The van der Waals surface area contributed by atoms with Gasteiger partial charge in [0.05, 0.1) is 5.92 Å². The predicted molar refractivity (Wildman–Crippen MR) is 108 cm³/mol. The number of nitrogens with zero attached hydrogens (tertiary/aromatic N) is 3. The number of carbonyl (C=O) groups excluding carboxylic acids is 2. The number of aryl methyl sites for hydroxylation is 1. The molecule has 1 N–H and O–H groups in total. The molecule has 1 saturated heterocycles. The number of pyridine rings is 1. The summed E-state index contributed by atoms with van der Waals surface area (Å²) in [5, 5.41) is 10.1. The topological polar surface area (TPSA) is 73.7 Å². The van der Waals surface area contributed by atoms with E-state index in [9.17, 15) is 19.1 Å². The Hall–Kier alpha value is -2.80. The Kier molecular flexibility index (Phi) is 7.30. The third-order valence-electron chi connectivity index (χ3n) is 5.33. The zero-order valence-corrected chi connectivity index (χ0v) is 16.3. The summed E-state index contributed by atoms with van der Waals surface area (Å²) >= 11 is 0. The van der Waals surface area contributed by atoms with Gasteiger partial charge < -0.3 is 19.7 Å². The minimum absolute atomic E-state index is 0.190. The zero-order valence-electron chi connectivity index (χ0n) is 16.3. The van der Waals surface area contributed by atoms with E-state index < -0.39 is 12.0 Å². The molecule has 2 aromatic rings. The first kappa shape index (κ1) is 20.9. The van der Waals surface area contributed by atoms with Gasteiger partial charge >= 0.3 is 0 Å². The fourth-order valence-corrected chi connectivity index (χ4v) is 3.64. The van der Waals surface area contributed by atoms with E-state index in [2.05, 4.69) is 9.88 Å². The van der Waals surface area contributed by atoms with E-state index in [1.54, 1.807) is 23.2 Å². The quantitative estimate of drug-likeness (QED) is 0.688. The molecule has 6 nitrogen and oxygen atoms in total. The summed E-state index contributed by atoms with van der Waals surface area (Å²) in [6, 6.07) is 11.9. The molecule has 2 heterocycles. The summed E-state index contributed by atoms with van der Waals surface area (Å²) in [6.45, 7) is 2.36. The highest BCUT2D eigenvalue weighted by Crippen LogP contribution is 2.20. The summed E-state index contributed by atoms with van der Waals surface area (Å²) in [7, 11) is 0. The number of aromatic nitrogens is 1. The number of aldehydes is 1. The Morgan fingerprint density at radius 1 is 1.14 bits per heavy atom. The van der Waals surface area contributed by atoms with Crippen molar-refractivity contribution in [2.45, 2.75) is 25.4 Å². The minimum Gasteiger partial charge on any atom is -0.385 e. The normalized spacial score (nSPS) is 16.3. The number of halogens is 1. The molecule has 0 radical (unpaired) electrons. The van der Waals surface area contributed by atoms with Crippen LogP contribution in [0.1, 0.15) is 18.4 Å². The molecule has 0 aliphatic carbocycles. The highest BCUT2D eigenvalue weighted by Gasteiger charge is 2.32. The number of hydrogen-bond donors (Lipinski definition) is 1. The predicted octanol–water partition coefficient (Wildman–Crippen LogP) is 2.07. The fourth-order valence-electron chi connectivity index (χ4n) is 3.64. The second-order valence-electron chi connectivity index (χ2n) is 7.25. The van der Waals surface area contributed by atoms with E-state index in [-0.39, 0.29) is 11.7 Å². The van der Waals surface area contributed by atoms with Crippen LogP contribution in [0.3, 0.4) is 0 Å². The maximum absolute atomic E-state index is 13.0. The minimum atomic E-state index is -1.32. The van der Waals surface area contributed by atoms with Crippen molar-refractivity contribution in [2.24, 2.45) is 5.92 Å². The van der Waals surface area contributed by atoms with Crippen LogP contribution in [0, 0.1) is 11.7 Å². The molecule has 154 valence electrons. The van der Waals surface area contributed by atoms with Gasteiger partial charge in [-0.2, -0.15) is 0 Å². The number of hydrogen-bond acceptors (Lipinski definition) is 5. The van der Waals surface area contributed by atoms with E-state index in [0.29, 0.717) is 51.7 Å². The second-order valence-corrected chi connectivity index (χ2v) is 7.25. The molecule has 7 heteroatoms. The maximum atomic E-state index is 13.0. The summed E-state index contributed by atoms with van der Waals surface area (Å²) in [4.78, 5) is 32.3. The van der Waals surface area contributed by atoms with Gasteiger partial charge in [0.1, 0.15) is 24.0 Å². The molecule has 1 aliphatic heterocycles. The zero-order chi connectivity index (χ0) is 20.6. The van der Waals surface area contributed by atoms with E-state index in [1.807, 2.05) is 18.2 Å². The Balaban J connectivity index is 1.55. The van der Waals surface area contributed by atoms with Crippen LogP contribution in [0.2, 0.25) is 0 Å². The summed E-state index contributed by atoms with van der Waals surface area (Å²) in [6.07, 6.45) is 2.54. The first-order chi connectivity index (χ1) is 14.1. The molecule has 1 aromatic heterocycles. The van der Waals surface area contributed by atoms with Crippen molar-refractivity contribution in [2.75, 3.05) is 31.1 Å². The van der Waals surface area contributed by atoms with E-state index >= 15 is 0 Å². The molecular weight excluding hydrogens is 373 g/mol. The highest BCUT2D eigenvalue weighted by atomic mass is 19.1. The lowest BCUT2D eigenvalue weighted by Crippen LogP contribution is -2.52. The average molecular weight is 399 g/mol. The largest absolute Gasteiger partial charge is 0.385 e. The van der Waals surface area contributed by atoms with Crippen LogP contribution in [0.5, 0.6) is 0 Å². The lowest BCUT2D eigenvalue weighted by Gasteiger charge is -2.37. The van der Waals surface area contributed by atoms with Crippen molar-refractivity contribution < 1.29 is 19.1 Å². The third kappa shape index (κ3) is 5.60. The molecule has 0 unspecified atom stereocenters. The summed E-state index contributed by atoms with van der Waals surface area (Å²) < 4.78 is 13.0. The van der Waals surface area contributed by atoms with Crippen molar-refractivity contribution in [3.63, 3.8) is 0 Å². The number of aliphatic hydroxyl groups is 1. The number of carbonyl (C=O) groups is 2. The monoisotopic (exact) mass is 399 g/mol. The van der Waals surface area contributed by atoms with Crippen LogP contribution < -0.4 is 4.90 Å². The SMILES string of the molecule is O=C[C@@H](O)[C@@H](CCCc1ccc(F)cc1)C(=O)N1CCN(c2ccccn2)CC1. The Morgan fingerprint density at radius 3 is 2.48 bits per heavy atom. The molecule has 0 saturated carbocycles. The van der Waals surface area contributed by atoms with Gasteiger partial charge in [-0.15, -0.1) is 0 Å².